The van der Waals surface area contributed by atoms with Crippen LogP contribution < -0.4 is 5.73 Å². The van der Waals surface area contributed by atoms with Crippen molar-refractivity contribution in [2.24, 2.45) is 5.73 Å². The normalized spacial score (nSPS) is 11.1. The Labute approximate surface area is 111 Å². The summed E-state index contributed by atoms with van der Waals surface area (Å²) in [4.78, 5) is 8.84. The number of aromatic nitrogens is 3. The van der Waals surface area contributed by atoms with Crippen molar-refractivity contribution in [2.45, 2.75) is 13.3 Å². The van der Waals surface area contributed by atoms with E-state index in [1.54, 1.807) is 12.4 Å². The third kappa shape index (κ3) is 2.00. The highest BCUT2D eigenvalue weighted by Crippen LogP contribution is 2.25. The van der Waals surface area contributed by atoms with Gasteiger partial charge in [-0.1, -0.05) is 6.07 Å². The molecule has 0 spiro atoms. The highest BCUT2D eigenvalue weighted by Gasteiger charge is 2.14. The van der Waals surface area contributed by atoms with Crippen LogP contribution in [0, 0.1) is 6.92 Å². The van der Waals surface area contributed by atoms with Crippen molar-refractivity contribution in [2.75, 3.05) is 6.54 Å². The van der Waals surface area contributed by atoms with E-state index in [0.29, 0.717) is 6.54 Å². The van der Waals surface area contributed by atoms with Crippen LogP contribution in [-0.2, 0) is 6.42 Å². The molecular weight excluding hydrogens is 236 g/mol. The molecule has 0 aromatic carbocycles. The van der Waals surface area contributed by atoms with Crippen LogP contribution in [0.3, 0.4) is 0 Å². The Morgan fingerprint density at radius 2 is 2.00 bits per heavy atom. The SMILES string of the molecule is Cc1cccn2c(CCN)c(-c3ccncc3)nc12. The summed E-state index contributed by atoms with van der Waals surface area (Å²) in [5.41, 5.74) is 11.2. The van der Waals surface area contributed by atoms with E-state index in [9.17, 15) is 0 Å². The molecule has 0 aliphatic heterocycles. The Kier molecular flexibility index (Phi) is 3.01. The van der Waals surface area contributed by atoms with Crippen LogP contribution in [-0.4, -0.2) is 20.9 Å². The lowest BCUT2D eigenvalue weighted by Crippen LogP contribution is -2.06. The monoisotopic (exact) mass is 252 g/mol. The van der Waals surface area contributed by atoms with Gasteiger partial charge in [-0.05, 0) is 37.2 Å². The second-order valence-corrected chi connectivity index (χ2v) is 4.57. The van der Waals surface area contributed by atoms with Crippen molar-refractivity contribution in [1.82, 2.24) is 14.4 Å². The average molecular weight is 252 g/mol. The zero-order valence-electron chi connectivity index (χ0n) is 10.9. The first-order valence-corrected chi connectivity index (χ1v) is 6.38. The summed E-state index contributed by atoms with van der Waals surface area (Å²) in [6, 6.07) is 8.08. The van der Waals surface area contributed by atoms with Crippen LogP contribution in [0.1, 0.15) is 11.3 Å². The van der Waals surface area contributed by atoms with E-state index in [0.717, 1.165) is 29.0 Å². The summed E-state index contributed by atoms with van der Waals surface area (Å²) >= 11 is 0. The fourth-order valence-corrected chi connectivity index (χ4v) is 2.37. The Morgan fingerprint density at radius 1 is 1.21 bits per heavy atom. The van der Waals surface area contributed by atoms with Gasteiger partial charge in [0.1, 0.15) is 5.65 Å². The van der Waals surface area contributed by atoms with Gasteiger partial charge in [0.2, 0.25) is 0 Å². The maximum absolute atomic E-state index is 5.74. The predicted octanol–water partition coefficient (Wildman–Crippen LogP) is 2.21. The second-order valence-electron chi connectivity index (χ2n) is 4.57. The summed E-state index contributed by atoms with van der Waals surface area (Å²) in [7, 11) is 0. The zero-order chi connectivity index (χ0) is 13.2. The molecular formula is C15H16N4. The molecule has 0 radical (unpaired) electrons. The minimum atomic E-state index is 0.611. The standard InChI is InChI=1S/C15H16N4/c1-11-3-2-10-19-13(4-7-16)14(18-15(11)19)12-5-8-17-9-6-12/h2-3,5-6,8-10H,4,7,16H2,1H3. The van der Waals surface area contributed by atoms with Crippen molar-refractivity contribution in [1.29, 1.82) is 0 Å². The van der Waals surface area contributed by atoms with Gasteiger partial charge >= 0.3 is 0 Å². The first-order valence-electron chi connectivity index (χ1n) is 6.38. The van der Waals surface area contributed by atoms with Gasteiger partial charge in [-0.3, -0.25) is 4.98 Å². The van der Waals surface area contributed by atoms with Crippen LogP contribution in [0.5, 0.6) is 0 Å². The van der Waals surface area contributed by atoms with Crippen molar-refractivity contribution >= 4 is 5.65 Å². The van der Waals surface area contributed by atoms with E-state index in [-0.39, 0.29) is 0 Å². The maximum atomic E-state index is 5.74. The van der Waals surface area contributed by atoms with Crippen LogP contribution in [0.4, 0.5) is 0 Å². The molecule has 3 heterocycles. The van der Waals surface area contributed by atoms with Gasteiger partial charge in [0.15, 0.2) is 0 Å². The predicted molar refractivity (Wildman–Crippen MR) is 75.9 cm³/mol. The molecule has 0 unspecified atom stereocenters. The van der Waals surface area contributed by atoms with E-state index in [1.165, 1.54) is 5.56 Å². The second kappa shape index (κ2) is 4.82. The largest absolute Gasteiger partial charge is 0.330 e. The summed E-state index contributed by atoms with van der Waals surface area (Å²) in [5.74, 6) is 0. The summed E-state index contributed by atoms with van der Waals surface area (Å²) < 4.78 is 2.14. The topological polar surface area (TPSA) is 56.2 Å². The number of imidazole rings is 1. The number of rotatable bonds is 3. The average Bonchev–Trinajstić information content (AvgIpc) is 2.81. The van der Waals surface area contributed by atoms with Gasteiger partial charge in [0.05, 0.1) is 11.4 Å². The lowest BCUT2D eigenvalue weighted by atomic mass is 10.1. The molecule has 19 heavy (non-hydrogen) atoms. The Bertz CT molecular complexity index is 701. The van der Waals surface area contributed by atoms with E-state index < -0.39 is 0 Å². The molecule has 0 aliphatic carbocycles. The fraction of sp³-hybridized carbons (Fsp3) is 0.200. The summed E-state index contributed by atoms with van der Waals surface area (Å²) in [6.45, 7) is 2.69. The van der Waals surface area contributed by atoms with Gasteiger partial charge in [-0.15, -0.1) is 0 Å². The van der Waals surface area contributed by atoms with Crippen LogP contribution in [0.2, 0.25) is 0 Å². The summed E-state index contributed by atoms with van der Waals surface area (Å²) in [5, 5.41) is 0. The van der Waals surface area contributed by atoms with Crippen LogP contribution in [0.15, 0.2) is 42.9 Å². The highest BCUT2D eigenvalue weighted by molar-refractivity contribution is 5.67. The number of nitrogens with two attached hydrogens (primary N) is 1. The van der Waals surface area contributed by atoms with Gasteiger partial charge in [-0.25, -0.2) is 4.98 Å². The molecule has 0 bridgehead atoms. The van der Waals surface area contributed by atoms with Crippen LogP contribution >= 0.6 is 0 Å². The number of nitrogens with zero attached hydrogens (tertiary/aromatic N) is 3. The molecule has 96 valence electrons. The maximum Gasteiger partial charge on any atom is 0.140 e. The Hall–Kier alpha value is -2.20. The molecule has 0 atom stereocenters. The van der Waals surface area contributed by atoms with Crippen LogP contribution in [0.25, 0.3) is 16.9 Å². The molecule has 3 rings (SSSR count). The fourth-order valence-electron chi connectivity index (χ4n) is 2.37. The minimum absolute atomic E-state index is 0.611. The van der Waals surface area contributed by atoms with E-state index in [4.69, 9.17) is 10.7 Å². The number of pyridine rings is 2. The van der Waals surface area contributed by atoms with E-state index in [1.807, 2.05) is 24.4 Å². The third-order valence-corrected chi connectivity index (χ3v) is 3.28. The molecule has 4 nitrogen and oxygen atoms in total. The highest BCUT2D eigenvalue weighted by atomic mass is 15.0. The third-order valence-electron chi connectivity index (χ3n) is 3.28. The number of aryl methyl sites for hydroxylation is 1. The van der Waals surface area contributed by atoms with Crippen molar-refractivity contribution in [3.8, 4) is 11.3 Å². The lowest BCUT2D eigenvalue weighted by molar-refractivity contribution is 0.905. The first kappa shape index (κ1) is 11.9. The minimum Gasteiger partial charge on any atom is -0.330 e. The summed E-state index contributed by atoms with van der Waals surface area (Å²) in [6.07, 6.45) is 6.43. The van der Waals surface area contributed by atoms with Crippen molar-refractivity contribution in [3.63, 3.8) is 0 Å². The van der Waals surface area contributed by atoms with E-state index in [2.05, 4.69) is 22.4 Å². The molecule has 3 aromatic rings. The van der Waals surface area contributed by atoms with E-state index >= 15 is 0 Å². The first-order chi connectivity index (χ1) is 9.31. The van der Waals surface area contributed by atoms with Gasteiger partial charge in [-0.2, -0.15) is 0 Å². The molecule has 4 heteroatoms. The van der Waals surface area contributed by atoms with Crippen molar-refractivity contribution < 1.29 is 0 Å². The quantitative estimate of drug-likeness (QED) is 0.777. The molecule has 0 fully saturated rings. The zero-order valence-corrected chi connectivity index (χ0v) is 10.9. The smallest absolute Gasteiger partial charge is 0.140 e. The van der Waals surface area contributed by atoms with Gasteiger partial charge in [0, 0.05) is 30.6 Å². The Balaban J connectivity index is 2.29. The molecule has 0 aliphatic rings. The molecule has 0 saturated carbocycles. The lowest BCUT2D eigenvalue weighted by Gasteiger charge is -2.03. The Morgan fingerprint density at radius 3 is 2.74 bits per heavy atom. The number of hydrogen-bond acceptors (Lipinski definition) is 3. The number of hydrogen-bond donors (Lipinski definition) is 1. The molecule has 0 saturated heterocycles. The van der Waals surface area contributed by atoms with Crippen molar-refractivity contribution in [3.05, 3.63) is 54.1 Å². The number of fused-ring (bicyclic) bond motifs is 1. The van der Waals surface area contributed by atoms with Gasteiger partial charge < -0.3 is 10.1 Å². The molecule has 3 aromatic heterocycles. The van der Waals surface area contributed by atoms with Gasteiger partial charge in [0.25, 0.3) is 0 Å². The molecule has 2 N–H and O–H groups in total. The molecule has 0 amide bonds.